The zero-order valence-electron chi connectivity index (χ0n) is 10.3. The molecule has 0 aliphatic carbocycles. The summed E-state index contributed by atoms with van der Waals surface area (Å²) in [6.07, 6.45) is 1.74. The van der Waals surface area contributed by atoms with Gasteiger partial charge in [-0.25, -0.2) is 0 Å². The monoisotopic (exact) mass is 241 g/mol. The summed E-state index contributed by atoms with van der Waals surface area (Å²) in [5, 5.41) is 13.0. The Morgan fingerprint density at radius 1 is 1.39 bits per heavy atom. The summed E-state index contributed by atoms with van der Waals surface area (Å²) in [6.45, 7) is 3.03. The number of fused-ring (bicyclic) bond motifs is 1. The summed E-state index contributed by atoms with van der Waals surface area (Å²) < 4.78 is 5.68. The van der Waals surface area contributed by atoms with E-state index in [4.69, 9.17) is 10.00 Å². The number of nitriles is 1. The van der Waals surface area contributed by atoms with Gasteiger partial charge in [-0.15, -0.1) is 0 Å². The lowest BCUT2D eigenvalue weighted by molar-refractivity contribution is 0.293. The highest BCUT2D eigenvalue weighted by molar-refractivity contribution is 5.84. The van der Waals surface area contributed by atoms with Crippen molar-refractivity contribution in [3.05, 3.63) is 36.5 Å². The molecule has 0 aliphatic heterocycles. The highest BCUT2D eigenvalue weighted by atomic mass is 16.5. The Morgan fingerprint density at radius 3 is 3.00 bits per heavy atom. The lowest BCUT2D eigenvalue weighted by atomic mass is 10.2. The molecule has 1 heterocycles. The molecule has 0 saturated heterocycles. The molecule has 1 unspecified atom stereocenters. The van der Waals surface area contributed by atoms with Crippen LogP contribution < -0.4 is 10.1 Å². The van der Waals surface area contributed by atoms with Gasteiger partial charge in [0.15, 0.2) is 0 Å². The zero-order valence-corrected chi connectivity index (χ0v) is 10.3. The number of pyridine rings is 1. The van der Waals surface area contributed by atoms with Crippen LogP contribution in [0.2, 0.25) is 0 Å². The molecule has 0 saturated carbocycles. The summed E-state index contributed by atoms with van der Waals surface area (Å²) in [6, 6.07) is 11.5. The number of likely N-dealkylation sites (N-methyl/N-ethyl adjacent to an activating group) is 1. The van der Waals surface area contributed by atoms with E-state index in [1.165, 1.54) is 0 Å². The van der Waals surface area contributed by atoms with Gasteiger partial charge < -0.3 is 4.74 Å². The molecule has 0 radical (unpaired) electrons. The minimum absolute atomic E-state index is 0.297. The summed E-state index contributed by atoms with van der Waals surface area (Å²) >= 11 is 0. The van der Waals surface area contributed by atoms with Gasteiger partial charge in [0.05, 0.1) is 6.07 Å². The maximum absolute atomic E-state index is 8.94. The van der Waals surface area contributed by atoms with Gasteiger partial charge in [0.25, 0.3) is 0 Å². The predicted molar refractivity (Wildman–Crippen MR) is 70.3 cm³/mol. The fourth-order valence-electron chi connectivity index (χ4n) is 1.75. The molecule has 0 amide bonds. The first kappa shape index (κ1) is 12.3. The summed E-state index contributed by atoms with van der Waals surface area (Å²) in [5.74, 6) is 0.714. The Morgan fingerprint density at radius 2 is 2.22 bits per heavy atom. The van der Waals surface area contributed by atoms with E-state index in [2.05, 4.69) is 16.4 Å². The first-order chi connectivity index (χ1) is 8.85. The van der Waals surface area contributed by atoms with Crippen molar-refractivity contribution in [3.63, 3.8) is 0 Å². The second kappa shape index (κ2) is 5.99. The van der Waals surface area contributed by atoms with Crippen molar-refractivity contribution < 1.29 is 4.74 Å². The Labute approximate surface area is 106 Å². The second-order valence-corrected chi connectivity index (χ2v) is 3.88. The molecule has 4 heteroatoms. The molecule has 2 aromatic rings. The summed E-state index contributed by atoms with van der Waals surface area (Å²) in [4.78, 5) is 4.30. The van der Waals surface area contributed by atoms with Crippen LogP contribution in [-0.2, 0) is 0 Å². The van der Waals surface area contributed by atoms with Crippen molar-refractivity contribution >= 4 is 10.9 Å². The third kappa shape index (κ3) is 2.76. The molecule has 1 aromatic carbocycles. The van der Waals surface area contributed by atoms with Gasteiger partial charge in [0.2, 0.25) is 0 Å². The third-order valence-electron chi connectivity index (χ3n) is 2.61. The van der Waals surface area contributed by atoms with E-state index < -0.39 is 0 Å². The Kier molecular flexibility index (Phi) is 4.11. The molecule has 18 heavy (non-hydrogen) atoms. The van der Waals surface area contributed by atoms with E-state index in [9.17, 15) is 0 Å². The maximum atomic E-state index is 8.94. The van der Waals surface area contributed by atoms with Crippen LogP contribution in [0.25, 0.3) is 10.9 Å². The molecule has 92 valence electrons. The van der Waals surface area contributed by atoms with Crippen LogP contribution in [0, 0.1) is 11.3 Å². The lowest BCUT2D eigenvalue weighted by Crippen LogP contribution is -2.33. The van der Waals surface area contributed by atoms with Gasteiger partial charge >= 0.3 is 0 Å². The molecule has 1 aromatic heterocycles. The minimum atomic E-state index is -0.297. The van der Waals surface area contributed by atoms with Crippen LogP contribution >= 0.6 is 0 Å². The van der Waals surface area contributed by atoms with E-state index in [-0.39, 0.29) is 6.04 Å². The average Bonchev–Trinajstić information content (AvgIpc) is 2.43. The van der Waals surface area contributed by atoms with Crippen LogP contribution in [0.5, 0.6) is 5.75 Å². The van der Waals surface area contributed by atoms with Crippen LogP contribution in [0.3, 0.4) is 0 Å². The number of hydrogen-bond donors (Lipinski definition) is 1. The summed E-state index contributed by atoms with van der Waals surface area (Å²) in [5.41, 5.74) is 0.827. The van der Waals surface area contributed by atoms with Crippen LogP contribution in [0.15, 0.2) is 36.5 Å². The molecule has 4 nitrogen and oxygen atoms in total. The number of benzene rings is 1. The number of nitrogens with one attached hydrogen (secondary N) is 1. The molecule has 2 rings (SSSR count). The molecule has 0 fully saturated rings. The van der Waals surface area contributed by atoms with E-state index in [0.29, 0.717) is 12.4 Å². The molecule has 0 spiro atoms. The first-order valence-corrected chi connectivity index (χ1v) is 5.94. The van der Waals surface area contributed by atoms with Crippen LogP contribution in [0.1, 0.15) is 6.92 Å². The van der Waals surface area contributed by atoms with Crippen LogP contribution in [-0.4, -0.2) is 24.2 Å². The standard InChI is InChI=1S/C14H15N3O/c1-2-16-12(9-15)10-18-13-7-3-5-11-6-4-8-17-14(11)13/h3-8,12,16H,2,10H2,1H3. The molecular formula is C14H15N3O. The molecular weight excluding hydrogens is 226 g/mol. The number of nitrogens with zero attached hydrogens (tertiary/aromatic N) is 2. The topological polar surface area (TPSA) is 57.9 Å². The summed E-state index contributed by atoms with van der Waals surface area (Å²) in [7, 11) is 0. The number of rotatable bonds is 5. The fourth-order valence-corrected chi connectivity index (χ4v) is 1.75. The molecule has 0 bridgehead atoms. The SMILES string of the molecule is CCNC(C#N)COc1cccc2cccnc12. The van der Waals surface area contributed by atoms with E-state index in [0.717, 1.165) is 17.4 Å². The smallest absolute Gasteiger partial charge is 0.145 e. The third-order valence-corrected chi connectivity index (χ3v) is 2.61. The number of aromatic nitrogens is 1. The van der Waals surface area contributed by atoms with E-state index in [1.807, 2.05) is 37.3 Å². The van der Waals surface area contributed by atoms with Crippen molar-refractivity contribution in [1.29, 1.82) is 5.26 Å². The van der Waals surface area contributed by atoms with Gasteiger partial charge in [-0.05, 0) is 18.7 Å². The van der Waals surface area contributed by atoms with Crippen molar-refractivity contribution in [2.24, 2.45) is 0 Å². The highest BCUT2D eigenvalue weighted by Gasteiger charge is 2.08. The van der Waals surface area contributed by atoms with Crippen molar-refractivity contribution in [2.45, 2.75) is 13.0 Å². The van der Waals surface area contributed by atoms with Crippen molar-refractivity contribution in [2.75, 3.05) is 13.2 Å². The Bertz CT molecular complexity index is 557. The highest BCUT2D eigenvalue weighted by Crippen LogP contribution is 2.22. The van der Waals surface area contributed by atoms with Crippen LogP contribution in [0.4, 0.5) is 0 Å². The lowest BCUT2D eigenvalue weighted by Gasteiger charge is -2.12. The average molecular weight is 241 g/mol. The zero-order chi connectivity index (χ0) is 12.8. The van der Waals surface area contributed by atoms with Gasteiger partial charge in [0, 0.05) is 11.6 Å². The second-order valence-electron chi connectivity index (χ2n) is 3.88. The molecule has 0 aliphatic rings. The molecule has 1 N–H and O–H groups in total. The van der Waals surface area contributed by atoms with E-state index in [1.54, 1.807) is 6.20 Å². The fraction of sp³-hybridized carbons (Fsp3) is 0.286. The van der Waals surface area contributed by atoms with E-state index >= 15 is 0 Å². The number of para-hydroxylation sites is 1. The number of hydrogen-bond acceptors (Lipinski definition) is 4. The van der Waals surface area contributed by atoms with Crippen molar-refractivity contribution in [3.8, 4) is 11.8 Å². The van der Waals surface area contributed by atoms with Gasteiger partial charge in [-0.3, -0.25) is 10.3 Å². The Balaban J connectivity index is 2.15. The number of ether oxygens (including phenoxy) is 1. The quantitative estimate of drug-likeness (QED) is 0.871. The first-order valence-electron chi connectivity index (χ1n) is 5.94. The Hall–Kier alpha value is -2.12. The maximum Gasteiger partial charge on any atom is 0.145 e. The predicted octanol–water partition coefficient (Wildman–Crippen LogP) is 2.12. The normalized spacial score (nSPS) is 12.0. The van der Waals surface area contributed by atoms with Gasteiger partial charge in [-0.1, -0.05) is 25.1 Å². The minimum Gasteiger partial charge on any atom is -0.489 e. The van der Waals surface area contributed by atoms with Gasteiger partial charge in [0.1, 0.15) is 23.9 Å². The largest absolute Gasteiger partial charge is 0.489 e. The molecule has 1 atom stereocenters. The van der Waals surface area contributed by atoms with Gasteiger partial charge in [-0.2, -0.15) is 5.26 Å². The van der Waals surface area contributed by atoms with Crippen molar-refractivity contribution in [1.82, 2.24) is 10.3 Å².